The Morgan fingerprint density at radius 2 is 1.80 bits per heavy atom. The van der Waals surface area contributed by atoms with Crippen LogP contribution in [-0.2, 0) is 9.59 Å². The van der Waals surface area contributed by atoms with Gasteiger partial charge in [0.2, 0.25) is 11.8 Å². The highest BCUT2D eigenvalue weighted by Gasteiger charge is 2.38. The number of carbonyl (C=O) groups is 2. The standard InChI is InChI=1S/C20H28N2O3/c1-2-25-18-11-7-6-10-17(18)22-15-16(14-19(22)23)20(24)21-12-8-4-3-5-9-13-21/h6-7,10-11,16H,2-5,8-9,12-15H2,1H3. The number of amides is 2. The van der Waals surface area contributed by atoms with Crippen molar-refractivity contribution in [1.82, 2.24) is 4.90 Å². The third kappa shape index (κ3) is 4.14. The summed E-state index contributed by atoms with van der Waals surface area (Å²) in [5.41, 5.74) is 0.775. The lowest BCUT2D eigenvalue weighted by Crippen LogP contribution is -2.39. The number of likely N-dealkylation sites (tertiary alicyclic amines) is 1. The van der Waals surface area contributed by atoms with Gasteiger partial charge in [-0.2, -0.15) is 0 Å². The van der Waals surface area contributed by atoms with Gasteiger partial charge in [0.05, 0.1) is 18.2 Å². The third-order valence-corrected chi connectivity index (χ3v) is 5.10. The maximum absolute atomic E-state index is 12.9. The number of para-hydroxylation sites is 2. The summed E-state index contributed by atoms with van der Waals surface area (Å²) in [5.74, 6) is 0.628. The van der Waals surface area contributed by atoms with Crippen molar-refractivity contribution < 1.29 is 14.3 Å². The Hall–Kier alpha value is -2.04. The van der Waals surface area contributed by atoms with E-state index in [0.29, 0.717) is 25.3 Å². The molecule has 2 amide bonds. The molecule has 5 heteroatoms. The number of ether oxygens (including phenoxy) is 1. The van der Waals surface area contributed by atoms with Gasteiger partial charge >= 0.3 is 0 Å². The number of hydrogen-bond donors (Lipinski definition) is 0. The zero-order valence-electron chi connectivity index (χ0n) is 15.1. The van der Waals surface area contributed by atoms with E-state index >= 15 is 0 Å². The molecule has 136 valence electrons. The lowest BCUT2D eigenvalue weighted by Gasteiger charge is -2.27. The minimum atomic E-state index is -0.235. The van der Waals surface area contributed by atoms with Gasteiger partial charge in [-0.1, -0.05) is 31.4 Å². The fraction of sp³-hybridized carbons (Fsp3) is 0.600. The molecule has 25 heavy (non-hydrogen) atoms. The number of nitrogens with zero attached hydrogens (tertiary/aromatic N) is 2. The molecule has 0 saturated carbocycles. The maximum Gasteiger partial charge on any atom is 0.228 e. The van der Waals surface area contributed by atoms with Crippen molar-refractivity contribution >= 4 is 17.5 Å². The van der Waals surface area contributed by atoms with E-state index in [-0.39, 0.29) is 17.7 Å². The topological polar surface area (TPSA) is 49.9 Å². The Balaban J connectivity index is 1.70. The van der Waals surface area contributed by atoms with Crippen LogP contribution >= 0.6 is 0 Å². The first-order valence-corrected chi connectivity index (χ1v) is 9.51. The molecule has 1 aromatic carbocycles. The molecule has 0 bridgehead atoms. The summed E-state index contributed by atoms with van der Waals surface area (Å²) in [5, 5.41) is 0. The van der Waals surface area contributed by atoms with Gasteiger partial charge in [-0.05, 0) is 31.9 Å². The summed E-state index contributed by atoms with van der Waals surface area (Å²) in [6.45, 7) is 4.60. The summed E-state index contributed by atoms with van der Waals surface area (Å²) >= 11 is 0. The molecule has 1 atom stereocenters. The Labute approximate surface area is 149 Å². The fourth-order valence-corrected chi connectivity index (χ4v) is 3.79. The predicted octanol–water partition coefficient (Wildman–Crippen LogP) is 3.23. The van der Waals surface area contributed by atoms with E-state index in [0.717, 1.165) is 31.6 Å². The van der Waals surface area contributed by atoms with Crippen molar-refractivity contribution in [1.29, 1.82) is 0 Å². The van der Waals surface area contributed by atoms with Gasteiger partial charge in [0, 0.05) is 26.1 Å². The van der Waals surface area contributed by atoms with Gasteiger partial charge in [-0.3, -0.25) is 9.59 Å². The summed E-state index contributed by atoms with van der Waals surface area (Å²) in [6, 6.07) is 7.57. The lowest BCUT2D eigenvalue weighted by atomic mass is 10.0. The largest absolute Gasteiger partial charge is 0.492 e. The molecule has 0 spiro atoms. The minimum absolute atomic E-state index is 0.0116. The molecule has 2 saturated heterocycles. The van der Waals surface area contributed by atoms with E-state index < -0.39 is 0 Å². The van der Waals surface area contributed by atoms with E-state index in [9.17, 15) is 9.59 Å². The minimum Gasteiger partial charge on any atom is -0.492 e. The SMILES string of the molecule is CCOc1ccccc1N1CC(C(=O)N2CCCCCCC2)CC1=O. The van der Waals surface area contributed by atoms with Crippen LogP contribution in [0.5, 0.6) is 5.75 Å². The van der Waals surface area contributed by atoms with Crippen LogP contribution in [0.15, 0.2) is 24.3 Å². The summed E-state index contributed by atoms with van der Waals surface area (Å²) in [4.78, 5) is 29.2. The second-order valence-electron chi connectivity index (χ2n) is 6.90. The first-order chi connectivity index (χ1) is 12.2. The summed E-state index contributed by atoms with van der Waals surface area (Å²) in [7, 11) is 0. The average Bonchev–Trinajstić information content (AvgIpc) is 2.97. The highest BCUT2D eigenvalue weighted by atomic mass is 16.5. The van der Waals surface area contributed by atoms with Crippen LogP contribution in [0, 0.1) is 5.92 Å². The van der Waals surface area contributed by atoms with E-state index in [1.54, 1.807) is 4.90 Å². The monoisotopic (exact) mass is 344 g/mol. The van der Waals surface area contributed by atoms with Crippen LogP contribution in [0.3, 0.4) is 0 Å². The molecule has 2 fully saturated rings. The van der Waals surface area contributed by atoms with Crippen molar-refractivity contribution in [3.8, 4) is 5.75 Å². The number of anilines is 1. The van der Waals surface area contributed by atoms with Crippen LogP contribution in [0.4, 0.5) is 5.69 Å². The van der Waals surface area contributed by atoms with Gasteiger partial charge in [0.15, 0.2) is 0 Å². The van der Waals surface area contributed by atoms with E-state index in [4.69, 9.17) is 4.74 Å². The van der Waals surface area contributed by atoms with Crippen molar-refractivity contribution in [3.63, 3.8) is 0 Å². The molecular weight excluding hydrogens is 316 g/mol. The van der Waals surface area contributed by atoms with Gasteiger partial charge in [-0.25, -0.2) is 0 Å². The molecule has 2 aliphatic rings. The molecule has 0 radical (unpaired) electrons. The molecule has 3 rings (SSSR count). The molecule has 2 aliphatic heterocycles. The van der Waals surface area contributed by atoms with Gasteiger partial charge < -0.3 is 14.5 Å². The Bertz CT molecular complexity index is 609. The highest BCUT2D eigenvalue weighted by molar-refractivity contribution is 6.01. The molecule has 2 heterocycles. The first kappa shape index (κ1) is 17.8. The second kappa shape index (κ2) is 8.37. The Morgan fingerprint density at radius 1 is 1.12 bits per heavy atom. The number of hydrogen-bond acceptors (Lipinski definition) is 3. The predicted molar refractivity (Wildman–Crippen MR) is 97.7 cm³/mol. The van der Waals surface area contributed by atoms with Crippen LogP contribution in [-0.4, -0.2) is 43.0 Å². The molecule has 1 aromatic rings. The highest BCUT2D eigenvalue weighted by Crippen LogP contribution is 2.33. The van der Waals surface area contributed by atoms with Gasteiger partial charge in [0.25, 0.3) is 0 Å². The fourth-order valence-electron chi connectivity index (χ4n) is 3.79. The van der Waals surface area contributed by atoms with Crippen LogP contribution < -0.4 is 9.64 Å². The first-order valence-electron chi connectivity index (χ1n) is 9.51. The molecular formula is C20H28N2O3. The quantitative estimate of drug-likeness (QED) is 0.842. The number of rotatable bonds is 4. The van der Waals surface area contributed by atoms with E-state index in [1.165, 1.54) is 19.3 Å². The zero-order chi connectivity index (χ0) is 17.6. The lowest BCUT2D eigenvalue weighted by molar-refractivity contribution is -0.136. The molecule has 0 aliphatic carbocycles. The van der Waals surface area contributed by atoms with Crippen LogP contribution in [0.1, 0.15) is 45.4 Å². The number of carbonyl (C=O) groups excluding carboxylic acids is 2. The van der Waals surface area contributed by atoms with E-state index in [1.807, 2.05) is 36.1 Å². The summed E-state index contributed by atoms with van der Waals surface area (Å²) in [6.07, 6.45) is 6.11. The smallest absolute Gasteiger partial charge is 0.228 e. The Kier molecular flexibility index (Phi) is 5.95. The Morgan fingerprint density at radius 3 is 2.52 bits per heavy atom. The third-order valence-electron chi connectivity index (χ3n) is 5.10. The normalized spacial score (nSPS) is 21.8. The molecule has 5 nitrogen and oxygen atoms in total. The zero-order valence-corrected chi connectivity index (χ0v) is 15.1. The van der Waals surface area contributed by atoms with Crippen molar-refractivity contribution in [2.24, 2.45) is 5.92 Å². The maximum atomic E-state index is 12.9. The average molecular weight is 344 g/mol. The summed E-state index contributed by atoms with van der Waals surface area (Å²) < 4.78 is 5.65. The van der Waals surface area contributed by atoms with Crippen molar-refractivity contribution in [2.45, 2.75) is 45.4 Å². The van der Waals surface area contributed by atoms with Gasteiger partial charge in [0.1, 0.15) is 5.75 Å². The van der Waals surface area contributed by atoms with Crippen molar-refractivity contribution in [3.05, 3.63) is 24.3 Å². The number of benzene rings is 1. The van der Waals surface area contributed by atoms with Gasteiger partial charge in [-0.15, -0.1) is 0 Å². The van der Waals surface area contributed by atoms with Crippen LogP contribution in [0.25, 0.3) is 0 Å². The van der Waals surface area contributed by atoms with E-state index in [2.05, 4.69) is 0 Å². The molecule has 0 N–H and O–H groups in total. The molecule has 1 unspecified atom stereocenters. The molecule has 0 aromatic heterocycles. The second-order valence-corrected chi connectivity index (χ2v) is 6.90. The van der Waals surface area contributed by atoms with Crippen LogP contribution in [0.2, 0.25) is 0 Å². The van der Waals surface area contributed by atoms with Crippen molar-refractivity contribution in [2.75, 3.05) is 31.1 Å².